The van der Waals surface area contributed by atoms with Crippen LogP contribution in [0.25, 0.3) is 0 Å². The smallest absolute Gasteiger partial charge is 0.264 e. The second kappa shape index (κ2) is 10.2. The minimum absolute atomic E-state index is 0.0428. The second-order valence-electron chi connectivity index (χ2n) is 7.54. The number of nitrogens with one attached hydrogen (secondary N) is 1. The van der Waals surface area contributed by atoms with E-state index in [9.17, 15) is 13.2 Å². The number of hydrogen-bond acceptors (Lipinski definition) is 4. The van der Waals surface area contributed by atoms with Gasteiger partial charge in [0.15, 0.2) is 0 Å². The minimum atomic E-state index is -3.96. The van der Waals surface area contributed by atoms with Crippen molar-refractivity contribution in [2.45, 2.75) is 31.8 Å². The van der Waals surface area contributed by atoms with Crippen molar-refractivity contribution in [3.8, 4) is 5.75 Å². The van der Waals surface area contributed by atoms with Crippen molar-refractivity contribution in [1.82, 2.24) is 0 Å². The van der Waals surface area contributed by atoms with Crippen molar-refractivity contribution in [2.24, 2.45) is 0 Å². The summed E-state index contributed by atoms with van der Waals surface area (Å²) < 4.78 is 34.2. The van der Waals surface area contributed by atoms with E-state index in [2.05, 4.69) is 21.2 Å². The molecule has 3 aromatic rings. The van der Waals surface area contributed by atoms with Crippen LogP contribution in [0.1, 0.15) is 19.4 Å². The molecule has 0 atom stereocenters. The molecule has 0 spiro atoms. The van der Waals surface area contributed by atoms with E-state index < -0.39 is 15.9 Å². The predicted molar refractivity (Wildman–Crippen MR) is 131 cm³/mol. The molecule has 8 heteroatoms. The van der Waals surface area contributed by atoms with Crippen LogP contribution < -0.4 is 14.4 Å². The number of sulfonamides is 1. The van der Waals surface area contributed by atoms with Gasteiger partial charge in [0, 0.05) is 10.2 Å². The van der Waals surface area contributed by atoms with Crippen molar-refractivity contribution in [3.63, 3.8) is 0 Å². The summed E-state index contributed by atoms with van der Waals surface area (Å²) in [6.07, 6.45) is 0.0428. The standard InChI is InChI=1S/C24H25BrN2O4S/c1-17(2)31-22-11-9-20(10-12-22)26-24(28)16-27(21-6-4-5-19(25)15-21)32(29,30)23-13-7-18(3)8-14-23/h4-15,17H,16H2,1-3H3,(H,26,28). The van der Waals surface area contributed by atoms with Crippen molar-refractivity contribution in [1.29, 1.82) is 0 Å². The first-order valence-electron chi connectivity index (χ1n) is 10.1. The first-order valence-corrected chi connectivity index (χ1v) is 12.3. The van der Waals surface area contributed by atoms with Gasteiger partial charge < -0.3 is 10.1 Å². The van der Waals surface area contributed by atoms with E-state index in [0.29, 0.717) is 21.6 Å². The highest BCUT2D eigenvalue weighted by atomic mass is 79.9. The maximum Gasteiger partial charge on any atom is 0.264 e. The highest BCUT2D eigenvalue weighted by molar-refractivity contribution is 9.10. The van der Waals surface area contributed by atoms with Gasteiger partial charge in [0.25, 0.3) is 10.0 Å². The van der Waals surface area contributed by atoms with Gasteiger partial charge in [-0.25, -0.2) is 8.42 Å². The van der Waals surface area contributed by atoms with Gasteiger partial charge in [-0.2, -0.15) is 0 Å². The SMILES string of the molecule is Cc1ccc(S(=O)(=O)N(CC(=O)Nc2ccc(OC(C)C)cc2)c2cccc(Br)c2)cc1. The summed E-state index contributed by atoms with van der Waals surface area (Å²) in [7, 11) is -3.96. The second-order valence-corrected chi connectivity index (χ2v) is 10.3. The summed E-state index contributed by atoms with van der Waals surface area (Å²) in [4.78, 5) is 12.9. The van der Waals surface area contributed by atoms with Crippen LogP contribution in [0.2, 0.25) is 0 Å². The van der Waals surface area contributed by atoms with Crippen LogP contribution in [-0.4, -0.2) is 27.0 Å². The lowest BCUT2D eigenvalue weighted by atomic mass is 10.2. The fourth-order valence-electron chi connectivity index (χ4n) is 3.00. The maximum atomic E-state index is 13.4. The van der Waals surface area contributed by atoms with E-state index in [-0.39, 0.29) is 17.5 Å². The molecule has 0 unspecified atom stereocenters. The molecule has 0 heterocycles. The molecule has 6 nitrogen and oxygen atoms in total. The molecule has 3 rings (SSSR count). The van der Waals surface area contributed by atoms with E-state index in [0.717, 1.165) is 9.87 Å². The molecule has 0 saturated carbocycles. The van der Waals surface area contributed by atoms with E-state index in [1.54, 1.807) is 72.8 Å². The van der Waals surface area contributed by atoms with Crippen molar-refractivity contribution in [2.75, 3.05) is 16.2 Å². The normalized spacial score (nSPS) is 11.3. The number of benzene rings is 3. The summed E-state index contributed by atoms with van der Waals surface area (Å²) in [6.45, 7) is 5.37. The number of anilines is 2. The summed E-state index contributed by atoms with van der Waals surface area (Å²) in [5.41, 5.74) is 1.88. The fraction of sp³-hybridized carbons (Fsp3) is 0.208. The summed E-state index contributed by atoms with van der Waals surface area (Å²) >= 11 is 3.37. The number of halogens is 1. The highest BCUT2D eigenvalue weighted by Crippen LogP contribution is 2.27. The molecule has 32 heavy (non-hydrogen) atoms. The molecule has 0 radical (unpaired) electrons. The lowest BCUT2D eigenvalue weighted by Crippen LogP contribution is -2.38. The Morgan fingerprint density at radius 3 is 2.28 bits per heavy atom. The van der Waals surface area contributed by atoms with E-state index in [4.69, 9.17) is 4.74 Å². The molecule has 0 aromatic heterocycles. The number of rotatable bonds is 8. The third-order valence-corrected chi connectivity index (χ3v) is 6.78. The van der Waals surface area contributed by atoms with Gasteiger partial charge in [0.1, 0.15) is 12.3 Å². The molecule has 3 aromatic carbocycles. The van der Waals surface area contributed by atoms with Crippen LogP contribution >= 0.6 is 15.9 Å². The zero-order valence-corrected chi connectivity index (χ0v) is 20.5. The molecule has 1 N–H and O–H groups in total. The third-order valence-electron chi connectivity index (χ3n) is 4.50. The molecule has 0 aliphatic heterocycles. The van der Waals surface area contributed by atoms with E-state index in [1.807, 2.05) is 20.8 Å². The topological polar surface area (TPSA) is 75.7 Å². The molecule has 0 bridgehead atoms. The van der Waals surface area contributed by atoms with Crippen LogP contribution in [0.15, 0.2) is 82.2 Å². The number of aryl methyl sites for hydroxylation is 1. The maximum absolute atomic E-state index is 13.4. The third kappa shape index (κ3) is 6.11. The fourth-order valence-corrected chi connectivity index (χ4v) is 4.80. The van der Waals surface area contributed by atoms with Gasteiger partial charge in [-0.3, -0.25) is 9.10 Å². The average Bonchev–Trinajstić information content (AvgIpc) is 2.73. The molecule has 0 aliphatic carbocycles. The van der Waals surface area contributed by atoms with Crippen LogP contribution in [0.3, 0.4) is 0 Å². The Hall–Kier alpha value is -2.84. The van der Waals surface area contributed by atoms with Crippen LogP contribution in [0, 0.1) is 6.92 Å². The number of hydrogen-bond donors (Lipinski definition) is 1. The molecular formula is C24H25BrN2O4S. The Kier molecular flexibility index (Phi) is 7.58. The first-order chi connectivity index (χ1) is 15.1. The molecule has 1 amide bonds. The van der Waals surface area contributed by atoms with Gasteiger partial charge >= 0.3 is 0 Å². The summed E-state index contributed by atoms with van der Waals surface area (Å²) in [5.74, 6) is 0.230. The Balaban J connectivity index is 1.85. The van der Waals surface area contributed by atoms with E-state index >= 15 is 0 Å². The minimum Gasteiger partial charge on any atom is -0.491 e. The number of carbonyl (C=O) groups is 1. The Morgan fingerprint density at radius 1 is 1.03 bits per heavy atom. The Morgan fingerprint density at radius 2 is 1.69 bits per heavy atom. The van der Waals surface area contributed by atoms with Crippen molar-refractivity contribution < 1.29 is 17.9 Å². The van der Waals surface area contributed by atoms with Gasteiger partial charge in [0.2, 0.25) is 5.91 Å². The Bertz CT molecular complexity index is 1180. The van der Waals surface area contributed by atoms with E-state index in [1.165, 1.54) is 0 Å². The predicted octanol–water partition coefficient (Wildman–Crippen LogP) is 5.38. The van der Waals surface area contributed by atoms with Gasteiger partial charge in [0.05, 0.1) is 16.7 Å². The Labute approximate surface area is 197 Å². The van der Waals surface area contributed by atoms with Crippen LogP contribution in [0.5, 0.6) is 5.75 Å². The molecule has 0 aliphatic rings. The molecular weight excluding hydrogens is 492 g/mol. The largest absolute Gasteiger partial charge is 0.491 e. The molecule has 168 valence electrons. The van der Waals surface area contributed by atoms with Gasteiger partial charge in [-0.1, -0.05) is 39.7 Å². The quantitative estimate of drug-likeness (QED) is 0.436. The monoisotopic (exact) mass is 516 g/mol. The number of amides is 1. The molecule has 0 saturated heterocycles. The van der Waals surface area contributed by atoms with Gasteiger partial charge in [-0.05, 0) is 75.4 Å². The van der Waals surface area contributed by atoms with Crippen LogP contribution in [-0.2, 0) is 14.8 Å². The van der Waals surface area contributed by atoms with Crippen LogP contribution in [0.4, 0.5) is 11.4 Å². The van der Waals surface area contributed by atoms with Crippen molar-refractivity contribution in [3.05, 3.63) is 82.8 Å². The lowest BCUT2D eigenvalue weighted by molar-refractivity contribution is -0.114. The summed E-state index contributed by atoms with van der Waals surface area (Å²) in [6, 6.07) is 20.3. The zero-order valence-electron chi connectivity index (χ0n) is 18.1. The average molecular weight is 517 g/mol. The summed E-state index contributed by atoms with van der Waals surface area (Å²) in [5, 5.41) is 2.76. The van der Waals surface area contributed by atoms with Crippen molar-refractivity contribution >= 4 is 43.2 Å². The number of ether oxygens (including phenoxy) is 1. The lowest BCUT2D eigenvalue weighted by Gasteiger charge is -2.24. The highest BCUT2D eigenvalue weighted by Gasteiger charge is 2.27. The van der Waals surface area contributed by atoms with Gasteiger partial charge in [-0.15, -0.1) is 0 Å². The number of nitrogens with zero attached hydrogens (tertiary/aromatic N) is 1. The zero-order chi connectivity index (χ0) is 23.3. The number of carbonyl (C=O) groups excluding carboxylic acids is 1. The first kappa shape index (κ1) is 23.8. The molecule has 0 fully saturated rings.